The lowest BCUT2D eigenvalue weighted by Gasteiger charge is -2.22. The second kappa shape index (κ2) is 3.78. The van der Waals surface area contributed by atoms with Gasteiger partial charge in [-0.25, -0.2) is 0 Å². The minimum atomic E-state index is -0.463. The van der Waals surface area contributed by atoms with E-state index in [2.05, 4.69) is 6.92 Å². The molecule has 1 aliphatic rings. The third-order valence-electron chi connectivity index (χ3n) is 3.62. The van der Waals surface area contributed by atoms with E-state index in [1.165, 1.54) is 0 Å². The first-order valence-electron chi connectivity index (χ1n) is 5.24. The summed E-state index contributed by atoms with van der Waals surface area (Å²) < 4.78 is 0. The lowest BCUT2D eigenvalue weighted by atomic mass is 9.91. The zero-order chi connectivity index (χ0) is 11.1. The van der Waals surface area contributed by atoms with Gasteiger partial charge in [0.2, 0.25) is 0 Å². The number of rotatable bonds is 3. The number of hydrogen-bond donors (Lipinski definition) is 2. The smallest absolute Gasteiger partial charge is 0.0860 e. The van der Waals surface area contributed by atoms with Crippen molar-refractivity contribution in [2.45, 2.75) is 19.4 Å². The van der Waals surface area contributed by atoms with Crippen LogP contribution in [0.4, 0.5) is 0 Å². The number of aliphatic hydroxyl groups is 1. The van der Waals surface area contributed by atoms with Gasteiger partial charge >= 0.3 is 0 Å². The summed E-state index contributed by atoms with van der Waals surface area (Å²) in [5.41, 5.74) is 6.55. The molecule has 1 aliphatic carbocycles. The third-order valence-corrected chi connectivity index (χ3v) is 3.87. The summed E-state index contributed by atoms with van der Waals surface area (Å²) in [6.45, 7) is 2.67. The summed E-state index contributed by atoms with van der Waals surface area (Å²) in [5.74, 6) is 0.508. The van der Waals surface area contributed by atoms with Gasteiger partial charge in [-0.15, -0.1) is 0 Å². The standard InChI is InChI=1S/C12H16ClNO/c1-8-6-12(8,7-14)11(15)9-2-4-10(13)5-3-9/h2-5,8,11,15H,6-7,14H2,1H3/t8-,11-,12-/m1/s1. The van der Waals surface area contributed by atoms with Gasteiger partial charge in [-0.2, -0.15) is 0 Å². The molecule has 0 heterocycles. The number of nitrogens with two attached hydrogens (primary N) is 1. The second-order valence-corrected chi connectivity index (χ2v) is 4.93. The second-order valence-electron chi connectivity index (χ2n) is 4.50. The zero-order valence-electron chi connectivity index (χ0n) is 8.78. The van der Waals surface area contributed by atoms with Crippen molar-refractivity contribution in [3.63, 3.8) is 0 Å². The van der Waals surface area contributed by atoms with Crippen LogP contribution in [-0.4, -0.2) is 11.7 Å². The van der Waals surface area contributed by atoms with Crippen LogP contribution in [0.2, 0.25) is 5.02 Å². The van der Waals surface area contributed by atoms with E-state index in [-0.39, 0.29) is 5.41 Å². The molecule has 1 aromatic rings. The highest BCUT2D eigenvalue weighted by molar-refractivity contribution is 6.30. The molecule has 0 unspecified atom stereocenters. The normalized spacial score (nSPS) is 31.3. The Balaban J connectivity index is 2.21. The number of halogens is 1. The quantitative estimate of drug-likeness (QED) is 0.830. The van der Waals surface area contributed by atoms with Gasteiger partial charge in [-0.3, -0.25) is 0 Å². The Morgan fingerprint density at radius 3 is 2.47 bits per heavy atom. The van der Waals surface area contributed by atoms with Crippen LogP contribution in [0.15, 0.2) is 24.3 Å². The molecule has 1 fully saturated rings. The molecule has 15 heavy (non-hydrogen) atoms. The molecule has 0 aliphatic heterocycles. The lowest BCUT2D eigenvalue weighted by Crippen LogP contribution is -2.25. The molecule has 1 aromatic carbocycles. The summed E-state index contributed by atoms with van der Waals surface area (Å²) in [6, 6.07) is 7.35. The van der Waals surface area contributed by atoms with E-state index in [0.717, 1.165) is 12.0 Å². The molecule has 0 bridgehead atoms. The van der Waals surface area contributed by atoms with Crippen molar-refractivity contribution in [2.75, 3.05) is 6.54 Å². The fraction of sp³-hybridized carbons (Fsp3) is 0.500. The predicted molar refractivity (Wildman–Crippen MR) is 61.7 cm³/mol. The molecule has 0 aromatic heterocycles. The van der Waals surface area contributed by atoms with Crippen LogP contribution in [0, 0.1) is 11.3 Å². The van der Waals surface area contributed by atoms with Gasteiger partial charge < -0.3 is 10.8 Å². The molecule has 2 nitrogen and oxygen atoms in total. The Morgan fingerprint density at radius 2 is 2.07 bits per heavy atom. The van der Waals surface area contributed by atoms with E-state index in [0.29, 0.717) is 17.5 Å². The molecule has 3 atom stereocenters. The highest BCUT2D eigenvalue weighted by atomic mass is 35.5. The molecular weight excluding hydrogens is 210 g/mol. The van der Waals surface area contributed by atoms with Crippen LogP contribution in [0.3, 0.4) is 0 Å². The molecule has 0 spiro atoms. The van der Waals surface area contributed by atoms with Gasteiger partial charge in [0.15, 0.2) is 0 Å². The molecule has 1 saturated carbocycles. The van der Waals surface area contributed by atoms with Gasteiger partial charge in [0.25, 0.3) is 0 Å². The van der Waals surface area contributed by atoms with E-state index in [9.17, 15) is 5.11 Å². The molecule has 2 rings (SSSR count). The van der Waals surface area contributed by atoms with Crippen molar-refractivity contribution in [1.29, 1.82) is 0 Å². The number of hydrogen-bond acceptors (Lipinski definition) is 2. The first-order chi connectivity index (χ1) is 7.10. The van der Waals surface area contributed by atoms with Crippen LogP contribution in [-0.2, 0) is 0 Å². The molecule has 82 valence electrons. The van der Waals surface area contributed by atoms with Crippen LogP contribution < -0.4 is 5.73 Å². The summed E-state index contributed by atoms with van der Waals surface area (Å²) in [6.07, 6.45) is 0.544. The van der Waals surface area contributed by atoms with Crippen LogP contribution in [0.5, 0.6) is 0 Å². The predicted octanol–water partition coefficient (Wildman–Crippen LogP) is 2.36. The SMILES string of the molecule is C[C@@H]1C[C@]1(CN)[C@H](O)c1ccc(Cl)cc1. The Kier molecular flexibility index (Phi) is 2.75. The molecule has 3 heteroatoms. The van der Waals surface area contributed by atoms with Gasteiger partial charge in [0, 0.05) is 17.0 Å². The van der Waals surface area contributed by atoms with E-state index in [4.69, 9.17) is 17.3 Å². The number of benzene rings is 1. The monoisotopic (exact) mass is 225 g/mol. The van der Waals surface area contributed by atoms with Gasteiger partial charge in [-0.1, -0.05) is 30.7 Å². The average molecular weight is 226 g/mol. The molecular formula is C12H16ClNO. The lowest BCUT2D eigenvalue weighted by molar-refractivity contribution is 0.0889. The van der Waals surface area contributed by atoms with Crippen LogP contribution in [0.25, 0.3) is 0 Å². The topological polar surface area (TPSA) is 46.2 Å². The summed E-state index contributed by atoms with van der Waals surface area (Å²) in [4.78, 5) is 0. The van der Waals surface area contributed by atoms with Crippen molar-refractivity contribution in [1.82, 2.24) is 0 Å². The zero-order valence-corrected chi connectivity index (χ0v) is 9.54. The van der Waals surface area contributed by atoms with Gasteiger partial charge in [0.05, 0.1) is 6.10 Å². The average Bonchev–Trinajstić information content (AvgIpc) is 2.91. The maximum atomic E-state index is 10.2. The first-order valence-corrected chi connectivity index (χ1v) is 5.61. The highest BCUT2D eigenvalue weighted by Crippen LogP contribution is 2.59. The maximum absolute atomic E-state index is 10.2. The van der Waals surface area contributed by atoms with E-state index in [1.807, 2.05) is 12.1 Å². The minimum Gasteiger partial charge on any atom is -0.388 e. The van der Waals surface area contributed by atoms with E-state index >= 15 is 0 Å². The van der Waals surface area contributed by atoms with Crippen molar-refractivity contribution >= 4 is 11.6 Å². The van der Waals surface area contributed by atoms with Crippen molar-refractivity contribution in [2.24, 2.45) is 17.1 Å². The summed E-state index contributed by atoms with van der Waals surface area (Å²) in [7, 11) is 0. The number of aliphatic hydroxyl groups excluding tert-OH is 1. The van der Waals surface area contributed by atoms with E-state index in [1.54, 1.807) is 12.1 Å². The van der Waals surface area contributed by atoms with Gasteiger partial charge in [-0.05, 0) is 30.0 Å². The highest BCUT2D eigenvalue weighted by Gasteiger charge is 2.55. The molecule has 0 saturated heterocycles. The Labute approximate surface area is 95.1 Å². The Hall–Kier alpha value is -0.570. The fourth-order valence-corrected chi connectivity index (χ4v) is 2.39. The first kappa shape index (κ1) is 10.9. The van der Waals surface area contributed by atoms with Gasteiger partial charge in [0.1, 0.15) is 0 Å². The Morgan fingerprint density at radius 1 is 1.53 bits per heavy atom. The summed E-state index contributed by atoms with van der Waals surface area (Å²) in [5, 5.41) is 10.9. The third kappa shape index (κ3) is 1.78. The van der Waals surface area contributed by atoms with Crippen molar-refractivity contribution < 1.29 is 5.11 Å². The Bertz CT molecular complexity index is 347. The molecule has 3 N–H and O–H groups in total. The fourth-order valence-electron chi connectivity index (χ4n) is 2.27. The largest absolute Gasteiger partial charge is 0.388 e. The molecule has 0 amide bonds. The summed E-state index contributed by atoms with van der Waals surface area (Å²) >= 11 is 5.80. The van der Waals surface area contributed by atoms with Crippen LogP contribution >= 0.6 is 11.6 Å². The van der Waals surface area contributed by atoms with Crippen LogP contribution in [0.1, 0.15) is 25.0 Å². The maximum Gasteiger partial charge on any atom is 0.0860 e. The van der Waals surface area contributed by atoms with E-state index < -0.39 is 6.10 Å². The van der Waals surface area contributed by atoms with Crippen molar-refractivity contribution in [3.05, 3.63) is 34.9 Å². The molecule has 0 radical (unpaired) electrons. The minimum absolute atomic E-state index is 0.103. The van der Waals surface area contributed by atoms with Crippen molar-refractivity contribution in [3.8, 4) is 0 Å².